The van der Waals surface area contributed by atoms with Gasteiger partial charge in [-0.25, -0.2) is 0 Å². The number of hydrogen-bond acceptors (Lipinski definition) is 1. The molecule has 2 aromatic rings. The van der Waals surface area contributed by atoms with E-state index in [1.807, 2.05) is 55.5 Å². The zero-order valence-corrected chi connectivity index (χ0v) is 12.3. The molecule has 0 heterocycles. The van der Waals surface area contributed by atoms with Crippen LogP contribution in [0.1, 0.15) is 24.0 Å². The molecule has 0 aliphatic carbocycles. The van der Waals surface area contributed by atoms with Gasteiger partial charge in [-0.05, 0) is 42.7 Å². The van der Waals surface area contributed by atoms with E-state index >= 15 is 0 Å². The Bertz CT molecular complexity index is 535. The molecule has 3 heteroatoms. The Kier molecular flexibility index (Phi) is 4.87. The third-order valence-corrected chi connectivity index (χ3v) is 3.90. The number of hydrogen-bond donors (Lipinski definition) is 1. The Balaban J connectivity index is 2.27. The summed E-state index contributed by atoms with van der Waals surface area (Å²) in [5.41, 5.74) is 8.45. The summed E-state index contributed by atoms with van der Waals surface area (Å²) in [4.78, 5) is 0. The molecule has 2 atom stereocenters. The normalized spacial score (nSPS) is 14.1. The van der Waals surface area contributed by atoms with Gasteiger partial charge >= 0.3 is 0 Å². The summed E-state index contributed by atoms with van der Waals surface area (Å²) in [6.07, 6.45) is 0.860. The van der Waals surface area contributed by atoms with Crippen LogP contribution in [0, 0.1) is 0 Å². The van der Waals surface area contributed by atoms with Crippen molar-refractivity contribution in [2.75, 3.05) is 0 Å². The van der Waals surface area contributed by atoms with Crippen LogP contribution in [0.2, 0.25) is 10.0 Å². The minimum atomic E-state index is 0.0376. The number of nitrogens with two attached hydrogens (primary N) is 1. The fourth-order valence-corrected chi connectivity index (χ4v) is 2.63. The Morgan fingerprint density at radius 3 is 2.21 bits per heavy atom. The first-order chi connectivity index (χ1) is 9.08. The van der Waals surface area contributed by atoms with Gasteiger partial charge in [-0.1, -0.05) is 53.5 Å². The maximum atomic E-state index is 6.28. The molecule has 1 nitrogen and oxygen atoms in total. The van der Waals surface area contributed by atoms with Gasteiger partial charge in [0.1, 0.15) is 0 Å². The second kappa shape index (κ2) is 6.42. The zero-order chi connectivity index (χ0) is 13.8. The van der Waals surface area contributed by atoms with Crippen LogP contribution in [0.4, 0.5) is 0 Å². The van der Waals surface area contributed by atoms with Gasteiger partial charge in [0.2, 0.25) is 0 Å². The standard InChI is InChI=1S/C16H17Cl2N/c1-11(19)15(14-4-2-3-5-16(14)18)10-12-6-8-13(17)9-7-12/h2-9,11,15H,10,19H2,1H3. The second-order valence-corrected chi connectivity index (χ2v) is 5.66. The van der Waals surface area contributed by atoms with Gasteiger partial charge in [0.25, 0.3) is 0 Å². The maximum absolute atomic E-state index is 6.28. The summed E-state index contributed by atoms with van der Waals surface area (Å²) in [5, 5.41) is 1.53. The minimum absolute atomic E-state index is 0.0376. The lowest BCUT2D eigenvalue weighted by Crippen LogP contribution is -2.26. The lowest BCUT2D eigenvalue weighted by molar-refractivity contribution is 0.565. The van der Waals surface area contributed by atoms with Crippen LogP contribution in [0.3, 0.4) is 0 Å². The Labute approximate surface area is 124 Å². The first-order valence-electron chi connectivity index (χ1n) is 6.32. The molecule has 0 radical (unpaired) electrons. The van der Waals surface area contributed by atoms with Crippen molar-refractivity contribution in [3.05, 3.63) is 69.7 Å². The first kappa shape index (κ1) is 14.4. The molecule has 0 spiro atoms. The third kappa shape index (κ3) is 3.73. The molecule has 0 aromatic heterocycles. The van der Waals surface area contributed by atoms with Crippen LogP contribution in [0.15, 0.2) is 48.5 Å². The summed E-state index contributed by atoms with van der Waals surface area (Å²) in [7, 11) is 0. The van der Waals surface area contributed by atoms with E-state index in [1.165, 1.54) is 5.56 Å². The molecule has 2 unspecified atom stereocenters. The summed E-state index contributed by atoms with van der Waals surface area (Å²) >= 11 is 12.2. The highest BCUT2D eigenvalue weighted by molar-refractivity contribution is 6.31. The van der Waals surface area contributed by atoms with Crippen molar-refractivity contribution in [1.29, 1.82) is 0 Å². The molecule has 19 heavy (non-hydrogen) atoms. The lowest BCUT2D eigenvalue weighted by atomic mass is 9.87. The van der Waals surface area contributed by atoms with Crippen LogP contribution in [-0.4, -0.2) is 6.04 Å². The van der Waals surface area contributed by atoms with Crippen molar-refractivity contribution in [3.63, 3.8) is 0 Å². The average Bonchev–Trinajstić information content (AvgIpc) is 2.39. The monoisotopic (exact) mass is 293 g/mol. The van der Waals surface area contributed by atoms with E-state index in [0.717, 1.165) is 22.0 Å². The second-order valence-electron chi connectivity index (χ2n) is 4.82. The fourth-order valence-electron chi connectivity index (χ4n) is 2.23. The van der Waals surface area contributed by atoms with Crippen LogP contribution in [0.25, 0.3) is 0 Å². The van der Waals surface area contributed by atoms with Crippen LogP contribution in [0.5, 0.6) is 0 Å². The van der Waals surface area contributed by atoms with E-state index in [9.17, 15) is 0 Å². The Hall–Kier alpha value is -1.02. The molecular weight excluding hydrogens is 277 g/mol. The lowest BCUT2D eigenvalue weighted by Gasteiger charge is -2.22. The van der Waals surface area contributed by atoms with Crippen LogP contribution >= 0.6 is 23.2 Å². The molecule has 0 aliphatic heterocycles. The Morgan fingerprint density at radius 1 is 1.00 bits per heavy atom. The molecule has 0 saturated carbocycles. The summed E-state index contributed by atoms with van der Waals surface area (Å²) < 4.78 is 0. The van der Waals surface area contributed by atoms with E-state index in [0.29, 0.717) is 0 Å². The van der Waals surface area contributed by atoms with E-state index in [1.54, 1.807) is 0 Å². The molecule has 0 bridgehead atoms. The molecule has 0 saturated heterocycles. The molecule has 2 rings (SSSR count). The predicted molar refractivity (Wildman–Crippen MR) is 83.0 cm³/mol. The van der Waals surface area contributed by atoms with E-state index in [4.69, 9.17) is 28.9 Å². The topological polar surface area (TPSA) is 26.0 Å². The number of rotatable bonds is 4. The number of halogens is 2. The first-order valence-corrected chi connectivity index (χ1v) is 7.08. The van der Waals surface area contributed by atoms with Gasteiger partial charge in [-0.3, -0.25) is 0 Å². The fraction of sp³-hybridized carbons (Fsp3) is 0.250. The summed E-state index contributed by atoms with van der Waals surface area (Å²) in [5.74, 6) is 0.204. The third-order valence-electron chi connectivity index (χ3n) is 3.31. The van der Waals surface area contributed by atoms with E-state index in [2.05, 4.69) is 0 Å². The van der Waals surface area contributed by atoms with Crippen molar-refractivity contribution in [2.24, 2.45) is 5.73 Å². The summed E-state index contributed by atoms with van der Waals surface area (Å²) in [6, 6.07) is 15.8. The van der Waals surface area contributed by atoms with E-state index in [-0.39, 0.29) is 12.0 Å². The van der Waals surface area contributed by atoms with Crippen molar-refractivity contribution in [1.82, 2.24) is 0 Å². The highest BCUT2D eigenvalue weighted by atomic mass is 35.5. The highest BCUT2D eigenvalue weighted by Gasteiger charge is 2.19. The van der Waals surface area contributed by atoms with Gasteiger partial charge in [0.15, 0.2) is 0 Å². The molecular formula is C16H17Cl2N. The maximum Gasteiger partial charge on any atom is 0.0441 e. The molecule has 0 aliphatic rings. The van der Waals surface area contributed by atoms with Crippen LogP contribution < -0.4 is 5.73 Å². The Morgan fingerprint density at radius 2 is 1.63 bits per heavy atom. The van der Waals surface area contributed by atoms with Gasteiger partial charge in [-0.15, -0.1) is 0 Å². The van der Waals surface area contributed by atoms with Gasteiger partial charge in [-0.2, -0.15) is 0 Å². The van der Waals surface area contributed by atoms with Crippen molar-refractivity contribution in [3.8, 4) is 0 Å². The molecule has 2 aromatic carbocycles. The van der Waals surface area contributed by atoms with Crippen molar-refractivity contribution < 1.29 is 0 Å². The summed E-state index contributed by atoms with van der Waals surface area (Å²) in [6.45, 7) is 2.02. The minimum Gasteiger partial charge on any atom is -0.327 e. The molecule has 2 N–H and O–H groups in total. The zero-order valence-electron chi connectivity index (χ0n) is 10.8. The van der Waals surface area contributed by atoms with Gasteiger partial charge in [0.05, 0.1) is 0 Å². The average molecular weight is 294 g/mol. The molecule has 100 valence electrons. The molecule has 0 fully saturated rings. The largest absolute Gasteiger partial charge is 0.327 e. The predicted octanol–water partition coefficient (Wildman–Crippen LogP) is 4.67. The van der Waals surface area contributed by atoms with Crippen molar-refractivity contribution in [2.45, 2.75) is 25.3 Å². The van der Waals surface area contributed by atoms with Gasteiger partial charge < -0.3 is 5.73 Å². The quantitative estimate of drug-likeness (QED) is 0.871. The van der Waals surface area contributed by atoms with Crippen molar-refractivity contribution >= 4 is 23.2 Å². The number of benzene rings is 2. The smallest absolute Gasteiger partial charge is 0.0441 e. The van der Waals surface area contributed by atoms with E-state index < -0.39 is 0 Å². The van der Waals surface area contributed by atoms with Gasteiger partial charge in [0, 0.05) is 22.0 Å². The SMILES string of the molecule is CC(N)C(Cc1ccc(Cl)cc1)c1ccccc1Cl. The molecule has 0 amide bonds. The highest BCUT2D eigenvalue weighted by Crippen LogP contribution is 2.29. The van der Waals surface area contributed by atoms with Crippen LogP contribution in [-0.2, 0) is 6.42 Å².